The minimum absolute atomic E-state index is 0.135. The van der Waals surface area contributed by atoms with Gasteiger partial charge in [0, 0.05) is 41.1 Å². The molecule has 7 heteroatoms. The maximum Gasteiger partial charge on any atom is 0.138 e. The van der Waals surface area contributed by atoms with Crippen LogP contribution in [0.2, 0.25) is 0 Å². The van der Waals surface area contributed by atoms with Crippen molar-refractivity contribution in [3.05, 3.63) is 79.5 Å². The molecule has 7 nitrogen and oxygen atoms in total. The third-order valence-corrected chi connectivity index (χ3v) is 5.40. The summed E-state index contributed by atoms with van der Waals surface area (Å²) in [5.41, 5.74) is 7.36. The molecule has 0 saturated carbocycles. The lowest BCUT2D eigenvalue weighted by atomic mass is 10.0. The van der Waals surface area contributed by atoms with Crippen molar-refractivity contribution in [3.63, 3.8) is 0 Å². The average molecular weight is 404 g/mol. The van der Waals surface area contributed by atoms with Gasteiger partial charge in [0.15, 0.2) is 0 Å². The van der Waals surface area contributed by atoms with Crippen LogP contribution in [-0.4, -0.2) is 35.2 Å². The highest BCUT2D eigenvalue weighted by molar-refractivity contribution is 6.00. The van der Waals surface area contributed by atoms with Gasteiger partial charge in [-0.3, -0.25) is 15.1 Å². The van der Waals surface area contributed by atoms with Crippen molar-refractivity contribution in [2.75, 3.05) is 0 Å². The molecule has 3 N–H and O–H groups in total. The van der Waals surface area contributed by atoms with Crippen molar-refractivity contribution in [2.45, 2.75) is 0 Å². The first-order valence-electron chi connectivity index (χ1n) is 9.77. The second-order valence-corrected chi connectivity index (χ2v) is 7.30. The van der Waals surface area contributed by atoms with Gasteiger partial charge in [-0.2, -0.15) is 5.10 Å². The van der Waals surface area contributed by atoms with Crippen molar-refractivity contribution in [3.8, 4) is 39.4 Å². The number of hydrogen-bond donors (Lipinski definition) is 3. The van der Waals surface area contributed by atoms with Crippen molar-refractivity contribution in [2.24, 2.45) is 0 Å². The maximum atomic E-state index is 9.78. The first-order chi connectivity index (χ1) is 15.3. The number of benzene rings is 1. The lowest BCUT2D eigenvalue weighted by Crippen LogP contribution is -1.82. The maximum absolute atomic E-state index is 9.78. The van der Waals surface area contributed by atoms with E-state index in [0.717, 1.165) is 55.6 Å². The minimum atomic E-state index is 0.135. The molecule has 0 bridgehead atoms. The van der Waals surface area contributed by atoms with E-state index in [4.69, 9.17) is 0 Å². The smallest absolute Gasteiger partial charge is 0.138 e. The largest absolute Gasteiger partial charge is 0.506 e. The second kappa shape index (κ2) is 6.77. The molecule has 0 atom stereocenters. The zero-order valence-electron chi connectivity index (χ0n) is 16.2. The summed E-state index contributed by atoms with van der Waals surface area (Å²) in [6.45, 7) is 0. The number of nitrogens with one attached hydrogen (secondary N) is 2. The van der Waals surface area contributed by atoms with Crippen LogP contribution in [0, 0.1) is 0 Å². The highest BCUT2D eigenvalue weighted by Gasteiger charge is 2.15. The molecule has 0 aliphatic heterocycles. The predicted molar refractivity (Wildman–Crippen MR) is 119 cm³/mol. The van der Waals surface area contributed by atoms with E-state index in [1.54, 1.807) is 30.9 Å². The van der Waals surface area contributed by atoms with Crippen LogP contribution in [0.1, 0.15) is 0 Å². The normalized spacial score (nSPS) is 11.4. The number of aromatic nitrogens is 6. The summed E-state index contributed by atoms with van der Waals surface area (Å²) in [6.07, 6.45) is 8.52. The van der Waals surface area contributed by atoms with Crippen molar-refractivity contribution in [1.82, 2.24) is 30.1 Å². The summed E-state index contributed by atoms with van der Waals surface area (Å²) in [4.78, 5) is 16.1. The van der Waals surface area contributed by atoms with Crippen LogP contribution >= 0.6 is 0 Å². The summed E-state index contributed by atoms with van der Waals surface area (Å²) in [5.74, 6) is 0.135. The molecule has 0 aliphatic rings. The molecule has 148 valence electrons. The number of aromatic amines is 2. The van der Waals surface area contributed by atoms with Crippen molar-refractivity contribution in [1.29, 1.82) is 0 Å². The number of H-pyrrole nitrogens is 2. The molecule has 0 spiro atoms. The Morgan fingerprint density at radius 2 is 1.65 bits per heavy atom. The van der Waals surface area contributed by atoms with E-state index in [-0.39, 0.29) is 5.75 Å². The molecule has 1 aromatic carbocycles. The Hall–Kier alpha value is -4.52. The van der Waals surface area contributed by atoms with Gasteiger partial charge >= 0.3 is 0 Å². The Bertz CT molecular complexity index is 1550. The topological polar surface area (TPSA) is 103 Å². The molecular weight excluding hydrogens is 388 g/mol. The Morgan fingerprint density at radius 3 is 2.52 bits per heavy atom. The summed E-state index contributed by atoms with van der Waals surface area (Å²) < 4.78 is 0. The van der Waals surface area contributed by atoms with Crippen molar-refractivity contribution < 1.29 is 5.11 Å². The van der Waals surface area contributed by atoms with Crippen LogP contribution in [0.25, 0.3) is 55.6 Å². The van der Waals surface area contributed by atoms with Gasteiger partial charge in [0.1, 0.15) is 17.1 Å². The van der Waals surface area contributed by atoms with Gasteiger partial charge in [-0.05, 0) is 59.2 Å². The number of hydrogen-bond acceptors (Lipinski definition) is 5. The fourth-order valence-electron chi connectivity index (χ4n) is 3.92. The average Bonchev–Trinajstić information content (AvgIpc) is 3.43. The summed E-state index contributed by atoms with van der Waals surface area (Å²) in [5, 5.41) is 19.4. The first-order valence-corrected chi connectivity index (χ1v) is 9.77. The lowest BCUT2D eigenvalue weighted by molar-refractivity contribution is 0.473. The summed E-state index contributed by atoms with van der Waals surface area (Å²) in [6, 6.07) is 15.8. The summed E-state index contributed by atoms with van der Waals surface area (Å²) in [7, 11) is 0. The third kappa shape index (κ3) is 2.91. The van der Waals surface area contributed by atoms with E-state index in [1.807, 2.05) is 36.4 Å². The molecule has 0 aliphatic carbocycles. The van der Waals surface area contributed by atoms with Gasteiger partial charge in [0.2, 0.25) is 0 Å². The number of pyridine rings is 3. The second-order valence-electron chi connectivity index (χ2n) is 7.30. The van der Waals surface area contributed by atoms with E-state index >= 15 is 0 Å². The van der Waals surface area contributed by atoms with Crippen molar-refractivity contribution >= 4 is 21.9 Å². The van der Waals surface area contributed by atoms with Gasteiger partial charge in [-0.15, -0.1) is 0 Å². The molecular formula is C24H16N6O. The van der Waals surface area contributed by atoms with Crippen LogP contribution in [0.5, 0.6) is 5.75 Å². The number of fused-ring (bicyclic) bond motifs is 2. The van der Waals surface area contributed by atoms with Gasteiger partial charge in [-0.25, -0.2) is 4.98 Å². The minimum Gasteiger partial charge on any atom is -0.506 e. The molecule has 0 unspecified atom stereocenters. The fraction of sp³-hybridized carbons (Fsp3) is 0. The Balaban J connectivity index is 1.51. The molecule has 0 amide bonds. The molecule has 0 radical (unpaired) electrons. The van der Waals surface area contributed by atoms with Crippen LogP contribution in [0.4, 0.5) is 0 Å². The zero-order valence-corrected chi connectivity index (χ0v) is 16.2. The van der Waals surface area contributed by atoms with E-state index in [2.05, 4.69) is 36.2 Å². The first kappa shape index (κ1) is 17.3. The van der Waals surface area contributed by atoms with Gasteiger partial charge < -0.3 is 10.1 Å². The SMILES string of the molecule is Oc1cncc(-c2ccc3[nH]nc(-c4cc5c(-c6ccncc6)ccnc5[nH]4)c3c2)c1. The molecule has 6 aromatic rings. The Morgan fingerprint density at radius 1 is 0.742 bits per heavy atom. The number of nitrogens with zero attached hydrogens (tertiary/aromatic N) is 4. The molecule has 5 heterocycles. The van der Waals surface area contributed by atoms with Crippen LogP contribution in [0.3, 0.4) is 0 Å². The van der Waals surface area contributed by atoms with Gasteiger partial charge in [0.05, 0.1) is 17.4 Å². The quantitative estimate of drug-likeness (QED) is 0.388. The zero-order chi connectivity index (χ0) is 20.8. The van der Waals surface area contributed by atoms with Crippen LogP contribution < -0.4 is 0 Å². The molecule has 5 aromatic heterocycles. The fourth-order valence-corrected chi connectivity index (χ4v) is 3.92. The monoisotopic (exact) mass is 404 g/mol. The molecule has 0 fully saturated rings. The predicted octanol–water partition coefficient (Wildman–Crippen LogP) is 4.94. The lowest BCUT2D eigenvalue weighted by Gasteiger charge is -2.02. The number of aromatic hydroxyl groups is 1. The van der Waals surface area contributed by atoms with Gasteiger partial charge in [-0.1, -0.05) is 6.07 Å². The third-order valence-electron chi connectivity index (χ3n) is 5.40. The van der Waals surface area contributed by atoms with Crippen LogP contribution in [0.15, 0.2) is 79.5 Å². The van der Waals surface area contributed by atoms with Gasteiger partial charge in [0.25, 0.3) is 0 Å². The number of rotatable bonds is 3. The van der Waals surface area contributed by atoms with E-state index in [9.17, 15) is 5.11 Å². The molecule has 0 saturated heterocycles. The van der Waals surface area contributed by atoms with Crippen LogP contribution in [-0.2, 0) is 0 Å². The van der Waals surface area contributed by atoms with E-state index in [0.29, 0.717) is 0 Å². The molecule has 31 heavy (non-hydrogen) atoms. The molecule has 6 rings (SSSR count). The van der Waals surface area contributed by atoms with E-state index in [1.165, 1.54) is 6.20 Å². The Kier molecular flexibility index (Phi) is 3.79. The standard InChI is InChI=1S/C24H16N6O/c31-17-9-16(12-26-13-17)15-1-2-21-20(10-15)23(30-29-21)22-11-19-18(5-8-27-24(19)28-22)14-3-6-25-7-4-14/h1-13,31H,(H,27,28)(H,29,30). The Labute approximate surface area is 176 Å². The van der Waals surface area contributed by atoms with E-state index < -0.39 is 0 Å². The highest BCUT2D eigenvalue weighted by atomic mass is 16.3. The highest BCUT2D eigenvalue weighted by Crippen LogP contribution is 2.34. The summed E-state index contributed by atoms with van der Waals surface area (Å²) >= 11 is 0.